The van der Waals surface area contributed by atoms with Gasteiger partial charge in [-0.25, -0.2) is 0 Å². The molecule has 0 amide bonds. The van der Waals surface area contributed by atoms with Gasteiger partial charge in [0.2, 0.25) is 5.78 Å². The lowest BCUT2D eigenvalue weighted by atomic mass is 10.1. The summed E-state index contributed by atoms with van der Waals surface area (Å²) >= 11 is 6.59. The normalized spacial score (nSPS) is 10.4. The van der Waals surface area contributed by atoms with Crippen LogP contribution in [0.4, 0.5) is 0 Å². The van der Waals surface area contributed by atoms with Gasteiger partial charge in [0.15, 0.2) is 10.4 Å². The van der Waals surface area contributed by atoms with Crippen molar-refractivity contribution in [3.63, 3.8) is 0 Å². The first-order chi connectivity index (χ1) is 7.59. The van der Waals surface area contributed by atoms with Crippen LogP contribution in [0, 0.1) is 6.92 Å². The topological polar surface area (TPSA) is 30.2 Å². The highest BCUT2D eigenvalue weighted by Crippen LogP contribution is 2.25. The van der Waals surface area contributed by atoms with Gasteiger partial charge in [0, 0.05) is 10.0 Å². The summed E-state index contributed by atoms with van der Waals surface area (Å²) in [5.41, 5.74) is 1.64. The molecule has 0 radical (unpaired) electrons. The molecule has 0 aliphatic heterocycles. The molecular weight excluding hydrogens is 336 g/mol. The van der Waals surface area contributed by atoms with E-state index in [0.29, 0.717) is 16.0 Å². The molecule has 16 heavy (non-hydrogen) atoms. The van der Waals surface area contributed by atoms with Crippen LogP contribution in [0.5, 0.6) is 0 Å². The van der Waals surface area contributed by atoms with Crippen molar-refractivity contribution < 1.29 is 9.21 Å². The lowest BCUT2D eigenvalue weighted by Gasteiger charge is -2.03. The Morgan fingerprint density at radius 3 is 2.56 bits per heavy atom. The molecule has 0 spiro atoms. The van der Waals surface area contributed by atoms with Crippen LogP contribution in [0.1, 0.15) is 21.7 Å². The number of benzene rings is 1. The van der Waals surface area contributed by atoms with E-state index >= 15 is 0 Å². The third-order valence-corrected chi connectivity index (χ3v) is 3.71. The van der Waals surface area contributed by atoms with E-state index in [4.69, 9.17) is 4.42 Å². The van der Waals surface area contributed by atoms with E-state index in [1.165, 1.54) is 0 Å². The van der Waals surface area contributed by atoms with Crippen LogP contribution in [0.15, 0.2) is 43.9 Å². The molecular formula is C12H8Br2O2. The molecule has 2 aromatic rings. The second kappa shape index (κ2) is 4.55. The van der Waals surface area contributed by atoms with Crippen molar-refractivity contribution in [3.8, 4) is 0 Å². The first kappa shape index (κ1) is 11.6. The van der Waals surface area contributed by atoms with Crippen molar-refractivity contribution in [3.05, 3.63) is 56.4 Å². The molecule has 0 N–H and O–H groups in total. The molecule has 0 fully saturated rings. The second-order valence-corrected chi connectivity index (χ2v) is 4.94. The summed E-state index contributed by atoms with van der Waals surface area (Å²) < 4.78 is 6.61. The molecule has 1 aromatic heterocycles. The van der Waals surface area contributed by atoms with Gasteiger partial charge in [-0.2, -0.15) is 0 Å². The summed E-state index contributed by atoms with van der Waals surface area (Å²) in [6.45, 7) is 1.94. The lowest BCUT2D eigenvalue weighted by Crippen LogP contribution is -2.01. The van der Waals surface area contributed by atoms with Crippen LogP contribution in [0.3, 0.4) is 0 Å². The Morgan fingerprint density at radius 2 is 1.94 bits per heavy atom. The maximum absolute atomic E-state index is 12.1. The Balaban J connectivity index is 2.45. The highest BCUT2D eigenvalue weighted by molar-refractivity contribution is 9.10. The number of halogens is 2. The zero-order chi connectivity index (χ0) is 11.7. The van der Waals surface area contributed by atoms with Crippen molar-refractivity contribution in [2.75, 3.05) is 0 Å². The summed E-state index contributed by atoms with van der Waals surface area (Å²) in [6, 6.07) is 8.93. The Bertz CT molecular complexity index is 544. The second-order valence-electron chi connectivity index (χ2n) is 3.37. The number of carbonyl (C=O) groups excluding carboxylic acids is 1. The van der Waals surface area contributed by atoms with Gasteiger partial charge in [0.1, 0.15) is 0 Å². The van der Waals surface area contributed by atoms with Crippen molar-refractivity contribution in [1.29, 1.82) is 0 Å². The zero-order valence-corrected chi connectivity index (χ0v) is 11.6. The number of furan rings is 1. The Kier molecular flexibility index (Phi) is 3.30. The molecule has 2 rings (SSSR count). The molecule has 4 heteroatoms. The molecule has 0 bridgehead atoms. The van der Waals surface area contributed by atoms with E-state index in [1.807, 2.05) is 19.1 Å². The third-order valence-electron chi connectivity index (χ3n) is 2.23. The molecule has 0 atom stereocenters. The van der Waals surface area contributed by atoms with Crippen LogP contribution in [0.2, 0.25) is 0 Å². The number of rotatable bonds is 2. The summed E-state index contributed by atoms with van der Waals surface area (Å²) in [6.07, 6.45) is 0. The average Bonchev–Trinajstić information content (AvgIpc) is 2.68. The number of ketones is 1. The minimum absolute atomic E-state index is 0.124. The number of aryl methyl sites for hydroxylation is 1. The first-order valence-electron chi connectivity index (χ1n) is 4.65. The van der Waals surface area contributed by atoms with Gasteiger partial charge in [0.25, 0.3) is 0 Å². The fourth-order valence-corrected chi connectivity index (χ4v) is 2.14. The predicted molar refractivity (Wildman–Crippen MR) is 68.7 cm³/mol. The van der Waals surface area contributed by atoms with Crippen LogP contribution in [-0.2, 0) is 0 Å². The van der Waals surface area contributed by atoms with Gasteiger partial charge in [-0.05, 0) is 62.5 Å². The molecule has 0 unspecified atom stereocenters. The van der Waals surface area contributed by atoms with E-state index < -0.39 is 0 Å². The number of carbonyl (C=O) groups is 1. The Labute approximate surface area is 110 Å². The molecule has 0 aliphatic carbocycles. The Morgan fingerprint density at radius 1 is 1.19 bits per heavy atom. The SMILES string of the molecule is Cc1cccc(C(=O)c2ccc(Br)o2)c1Br. The first-order valence-corrected chi connectivity index (χ1v) is 6.23. The van der Waals surface area contributed by atoms with Gasteiger partial charge >= 0.3 is 0 Å². The fourth-order valence-electron chi connectivity index (χ4n) is 1.39. The Hall–Kier alpha value is -0.870. The molecule has 1 heterocycles. The van der Waals surface area contributed by atoms with Crippen molar-refractivity contribution in [1.82, 2.24) is 0 Å². The van der Waals surface area contributed by atoms with E-state index in [-0.39, 0.29) is 5.78 Å². The summed E-state index contributed by atoms with van der Waals surface area (Å²) in [7, 11) is 0. The number of hydrogen-bond acceptors (Lipinski definition) is 2. The van der Waals surface area contributed by atoms with Crippen molar-refractivity contribution in [2.24, 2.45) is 0 Å². The van der Waals surface area contributed by atoms with E-state index in [2.05, 4.69) is 31.9 Å². The van der Waals surface area contributed by atoms with E-state index in [9.17, 15) is 4.79 Å². The highest BCUT2D eigenvalue weighted by atomic mass is 79.9. The summed E-state index contributed by atoms with van der Waals surface area (Å²) in [5, 5.41) is 0. The number of hydrogen-bond donors (Lipinski definition) is 0. The average molecular weight is 344 g/mol. The van der Waals surface area contributed by atoms with Gasteiger partial charge in [-0.1, -0.05) is 12.1 Å². The minimum atomic E-state index is -0.124. The van der Waals surface area contributed by atoms with Crippen LogP contribution >= 0.6 is 31.9 Å². The molecule has 1 aromatic carbocycles. The van der Waals surface area contributed by atoms with E-state index in [0.717, 1.165) is 10.0 Å². The van der Waals surface area contributed by atoms with Gasteiger partial charge in [-0.15, -0.1) is 0 Å². The molecule has 0 saturated carbocycles. The monoisotopic (exact) mass is 342 g/mol. The quantitative estimate of drug-likeness (QED) is 0.759. The highest BCUT2D eigenvalue weighted by Gasteiger charge is 2.16. The summed E-state index contributed by atoms with van der Waals surface area (Å²) in [5.74, 6) is 0.208. The van der Waals surface area contributed by atoms with Crippen LogP contribution in [-0.4, -0.2) is 5.78 Å². The molecule has 2 nitrogen and oxygen atoms in total. The zero-order valence-electron chi connectivity index (χ0n) is 8.46. The summed E-state index contributed by atoms with van der Waals surface area (Å²) in [4.78, 5) is 12.1. The largest absolute Gasteiger partial charge is 0.446 e. The van der Waals surface area contributed by atoms with Gasteiger partial charge < -0.3 is 4.42 Å². The standard InChI is InChI=1S/C12H8Br2O2/c1-7-3-2-4-8(11(7)14)12(15)9-5-6-10(13)16-9/h2-6H,1H3. The predicted octanol–water partition coefficient (Wildman–Crippen LogP) is 4.34. The van der Waals surface area contributed by atoms with Crippen LogP contribution in [0.25, 0.3) is 0 Å². The minimum Gasteiger partial charge on any atom is -0.446 e. The molecule has 0 saturated heterocycles. The maximum Gasteiger partial charge on any atom is 0.229 e. The molecule has 0 aliphatic rings. The van der Waals surface area contributed by atoms with Crippen LogP contribution < -0.4 is 0 Å². The van der Waals surface area contributed by atoms with Gasteiger partial charge in [0.05, 0.1) is 0 Å². The third kappa shape index (κ3) is 2.13. The smallest absolute Gasteiger partial charge is 0.229 e. The lowest BCUT2D eigenvalue weighted by molar-refractivity contribution is 0.101. The van der Waals surface area contributed by atoms with Crippen molar-refractivity contribution in [2.45, 2.75) is 6.92 Å². The maximum atomic E-state index is 12.1. The van der Waals surface area contributed by atoms with Crippen molar-refractivity contribution >= 4 is 37.6 Å². The van der Waals surface area contributed by atoms with Gasteiger partial charge in [-0.3, -0.25) is 4.79 Å². The fraction of sp³-hybridized carbons (Fsp3) is 0.0833. The molecule has 82 valence electrons. The van der Waals surface area contributed by atoms with E-state index in [1.54, 1.807) is 18.2 Å².